The minimum absolute atomic E-state index is 0.194. The Morgan fingerprint density at radius 2 is 1.83 bits per heavy atom. The second-order valence-corrected chi connectivity index (χ2v) is 10.1. The molecular formula is C21H31N3O4S2. The smallest absolute Gasteiger partial charge is 0.231 e. The molecule has 0 bridgehead atoms. The van der Waals surface area contributed by atoms with E-state index in [1.165, 1.54) is 29.4 Å². The average molecular weight is 454 g/mol. The fourth-order valence-corrected chi connectivity index (χ4v) is 3.88. The van der Waals surface area contributed by atoms with Crippen LogP contribution in [0.15, 0.2) is 47.4 Å². The van der Waals surface area contributed by atoms with Gasteiger partial charge in [-0.05, 0) is 61.6 Å². The van der Waals surface area contributed by atoms with Gasteiger partial charge >= 0.3 is 0 Å². The van der Waals surface area contributed by atoms with Gasteiger partial charge in [-0.3, -0.25) is 4.31 Å². The molecular weight excluding hydrogens is 422 g/mol. The fourth-order valence-electron chi connectivity index (χ4n) is 2.85. The molecule has 0 fully saturated rings. The highest BCUT2D eigenvalue weighted by molar-refractivity contribution is 7.98. The third kappa shape index (κ3) is 7.09. The highest BCUT2D eigenvalue weighted by Crippen LogP contribution is 2.29. The average Bonchev–Trinajstić information content (AvgIpc) is 2.71. The van der Waals surface area contributed by atoms with Crippen LogP contribution >= 0.6 is 11.8 Å². The summed E-state index contributed by atoms with van der Waals surface area (Å²) in [7, 11) is -1.74. The van der Waals surface area contributed by atoms with Crippen molar-refractivity contribution in [1.29, 1.82) is 0 Å². The molecule has 0 aliphatic carbocycles. The Morgan fingerprint density at radius 3 is 2.43 bits per heavy atom. The summed E-state index contributed by atoms with van der Waals surface area (Å²) in [5.74, 6) is 0.224. The number of nitrogens with zero attached hydrogens (tertiary/aromatic N) is 1. The van der Waals surface area contributed by atoms with Crippen molar-refractivity contribution in [3.8, 4) is 5.75 Å². The van der Waals surface area contributed by atoms with E-state index in [4.69, 9.17) is 0 Å². The van der Waals surface area contributed by atoms with Crippen molar-refractivity contribution in [2.45, 2.75) is 30.4 Å². The maximum absolute atomic E-state index is 11.6. The lowest BCUT2D eigenvalue weighted by atomic mass is 10.1. The van der Waals surface area contributed by atoms with Crippen LogP contribution in [0.1, 0.15) is 25.0 Å². The van der Waals surface area contributed by atoms with E-state index in [0.29, 0.717) is 12.2 Å². The van der Waals surface area contributed by atoms with Crippen LogP contribution in [0.25, 0.3) is 0 Å². The fraction of sp³-hybridized carbons (Fsp3) is 0.429. The quantitative estimate of drug-likeness (QED) is 0.388. The molecule has 0 aliphatic heterocycles. The van der Waals surface area contributed by atoms with Crippen LogP contribution in [0.3, 0.4) is 0 Å². The SMILES string of the molecule is CSc1cc(C(O)CNC(C)CCNc2ccc(N(C)S(C)(=O)=O)cc2)ccc1O. The molecule has 2 aromatic rings. The lowest BCUT2D eigenvalue weighted by molar-refractivity contribution is 0.170. The van der Waals surface area contributed by atoms with Crippen LogP contribution in [0, 0.1) is 0 Å². The molecule has 0 radical (unpaired) electrons. The number of aliphatic hydroxyl groups is 1. The van der Waals surface area contributed by atoms with Gasteiger partial charge in [-0.1, -0.05) is 6.07 Å². The second-order valence-electron chi connectivity index (χ2n) is 7.25. The van der Waals surface area contributed by atoms with E-state index in [-0.39, 0.29) is 11.8 Å². The molecule has 0 saturated carbocycles. The van der Waals surface area contributed by atoms with Gasteiger partial charge in [0.1, 0.15) is 5.75 Å². The Hall–Kier alpha value is -1.94. The van der Waals surface area contributed by atoms with E-state index in [2.05, 4.69) is 17.6 Å². The van der Waals surface area contributed by atoms with Gasteiger partial charge in [0, 0.05) is 36.8 Å². The van der Waals surface area contributed by atoms with Crippen molar-refractivity contribution in [2.24, 2.45) is 0 Å². The van der Waals surface area contributed by atoms with Crippen molar-refractivity contribution in [3.63, 3.8) is 0 Å². The van der Waals surface area contributed by atoms with Gasteiger partial charge in [0.2, 0.25) is 10.0 Å². The van der Waals surface area contributed by atoms with E-state index in [1.807, 2.05) is 24.5 Å². The lowest BCUT2D eigenvalue weighted by Crippen LogP contribution is -2.32. The molecule has 2 unspecified atom stereocenters. The highest BCUT2D eigenvalue weighted by Gasteiger charge is 2.13. The summed E-state index contributed by atoms with van der Waals surface area (Å²) in [6, 6.07) is 12.6. The van der Waals surface area contributed by atoms with E-state index in [9.17, 15) is 18.6 Å². The number of nitrogens with one attached hydrogen (secondary N) is 2. The number of hydrogen-bond acceptors (Lipinski definition) is 7. The lowest BCUT2D eigenvalue weighted by Gasteiger charge is -2.19. The van der Waals surface area contributed by atoms with E-state index in [1.54, 1.807) is 24.3 Å². The minimum Gasteiger partial charge on any atom is -0.507 e. The molecule has 0 aromatic heterocycles. The molecule has 2 rings (SSSR count). The first-order valence-corrected chi connectivity index (χ1v) is 12.7. The molecule has 30 heavy (non-hydrogen) atoms. The molecule has 166 valence electrons. The number of sulfonamides is 1. The first-order valence-electron chi connectivity index (χ1n) is 9.68. The Kier molecular flexibility index (Phi) is 8.84. The van der Waals surface area contributed by atoms with E-state index in [0.717, 1.165) is 29.1 Å². The van der Waals surface area contributed by atoms with Gasteiger partial charge in [-0.15, -0.1) is 11.8 Å². The summed E-state index contributed by atoms with van der Waals surface area (Å²) >= 11 is 1.44. The van der Waals surface area contributed by atoms with Gasteiger partial charge in [0.25, 0.3) is 0 Å². The van der Waals surface area contributed by atoms with Crippen LogP contribution in [-0.2, 0) is 10.0 Å². The number of thioether (sulfide) groups is 1. The molecule has 2 atom stereocenters. The Morgan fingerprint density at radius 1 is 1.17 bits per heavy atom. The molecule has 9 heteroatoms. The van der Waals surface area contributed by atoms with E-state index >= 15 is 0 Å². The number of benzene rings is 2. The normalized spacial score (nSPS) is 13.6. The van der Waals surface area contributed by atoms with Crippen LogP contribution in [-0.4, -0.2) is 57.3 Å². The summed E-state index contributed by atoms with van der Waals surface area (Å²) in [4.78, 5) is 0.748. The Bertz CT molecular complexity index is 920. The Balaban J connectivity index is 1.76. The van der Waals surface area contributed by atoms with Crippen LogP contribution in [0.4, 0.5) is 11.4 Å². The molecule has 7 nitrogen and oxygen atoms in total. The molecule has 2 aromatic carbocycles. The van der Waals surface area contributed by atoms with Gasteiger partial charge in [-0.25, -0.2) is 8.42 Å². The topological polar surface area (TPSA) is 102 Å². The molecule has 0 aliphatic rings. The molecule has 0 heterocycles. The van der Waals surface area contributed by atoms with Crippen molar-refractivity contribution < 1.29 is 18.6 Å². The maximum Gasteiger partial charge on any atom is 0.231 e. The zero-order valence-corrected chi connectivity index (χ0v) is 19.4. The van der Waals surface area contributed by atoms with Crippen LogP contribution in [0.2, 0.25) is 0 Å². The van der Waals surface area contributed by atoms with Gasteiger partial charge in [0.05, 0.1) is 18.0 Å². The maximum atomic E-state index is 11.6. The number of anilines is 2. The van der Waals surface area contributed by atoms with Gasteiger partial charge in [-0.2, -0.15) is 0 Å². The first-order chi connectivity index (χ1) is 14.1. The zero-order chi connectivity index (χ0) is 22.3. The van der Waals surface area contributed by atoms with Crippen LogP contribution < -0.4 is 14.9 Å². The summed E-state index contributed by atoms with van der Waals surface area (Å²) in [5, 5.41) is 26.8. The third-order valence-corrected chi connectivity index (χ3v) is 6.86. The second kappa shape index (κ2) is 10.9. The minimum atomic E-state index is -3.27. The first kappa shape index (κ1) is 24.3. The summed E-state index contributed by atoms with van der Waals surface area (Å²) in [5.41, 5.74) is 2.31. The number of hydrogen-bond donors (Lipinski definition) is 4. The predicted molar refractivity (Wildman–Crippen MR) is 125 cm³/mol. The molecule has 0 amide bonds. The van der Waals surface area contributed by atoms with Crippen molar-refractivity contribution in [1.82, 2.24) is 5.32 Å². The predicted octanol–water partition coefficient (Wildman–Crippen LogP) is 3.02. The summed E-state index contributed by atoms with van der Waals surface area (Å²) < 4.78 is 24.4. The van der Waals surface area contributed by atoms with E-state index < -0.39 is 16.1 Å². The molecule has 0 saturated heterocycles. The number of aliphatic hydroxyl groups excluding tert-OH is 1. The number of rotatable bonds is 11. The summed E-state index contributed by atoms with van der Waals surface area (Å²) in [6.45, 7) is 3.22. The molecule has 0 spiro atoms. The van der Waals surface area contributed by atoms with Crippen molar-refractivity contribution >= 4 is 33.2 Å². The highest BCUT2D eigenvalue weighted by atomic mass is 32.2. The van der Waals surface area contributed by atoms with Crippen molar-refractivity contribution in [3.05, 3.63) is 48.0 Å². The zero-order valence-electron chi connectivity index (χ0n) is 17.8. The Labute approximate surface area is 183 Å². The van der Waals surface area contributed by atoms with Crippen molar-refractivity contribution in [2.75, 3.05) is 42.3 Å². The number of phenolic OH excluding ortho intramolecular Hbond substituents is 1. The monoisotopic (exact) mass is 453 g/mol. The molecule has 4 N–H and O–H groups in total. The van der Waals surface area contributed by atoms with Gasteiger partial charge in [0.15, 0.2) is 0 Å². The van der Waals surface area contributed by atoms with Crippen LogP contribution in [0.5, 0.6) is 5.75 Å². The number of aromatic hydroxyl groups is 1. The third-order valence-electron chi connectivity index (χ3n) is 4.88. The largest absolute Gasteiger partial charge is 0.507 e. The van der Waals surface area contributed by atoms with Gasteiger partial charge < -0.3 is 20.8 Å². The number of phenols is 1. The summed E-state index contributed by atoms with van der Waals surface area (Å²) in [6.07, 6.45) is 3.26. The standard InChI is InChI=1S/C21H31N3O4S2/c1-15(23-14-20(26)16-5-10-19(25)21(13-16)29-3)11-12-22-17-6-8-18(9-7-17)24(2)30(4,27)28/h5-10,13,15,20,22-23,25-26H,11-12,14H2,1-4H3.